The van der Waals surface area contributed by atoms with E-state index in [1.165, 1.54) is 36.8 Å². The lowest BCUT2D eigenvalue weighted by Crippen LogP contribution is -2.04. The Morgan fingerprint density at radius 2 is 1.93 bits per heavy atom. The van der Waals surface area contributed by atoms with Gasteiger partial charge in [0.1, 0.15) is 12.4 Å². The Morgan fingerprint density at radius 3 is 2.71 bits per heavy atom. The predicted octanol–water partition coefficient (Wildman–Crippen LogP) is 3.18. The minimum atomic E-state index is 0.553. The quantitative estimate of drug-likeness (QED) is 0.697. The summed E-state index contributed by atoms with van der Waals surface area (Å²) in [7, 11) is 0. The van der Waals surface area contributed by atoms with Gasteiger partial charge in [0.05, 0.1) is 5.88 Å². The van der Waals surface area contributed by atoms with Crippen molar-refractivity contribution in [3.05, 3.63) is 29.3 Å². The highest BCUT2D eigenvalue weighted by atomic mass is 35.5. The lowest BCUT2D eigenvalue weighted by Gasteiger charge is -2.16. The molecule has 0 heterocycles. The molecular formula is C12H15ClO. The van der Waals surface area contributed by atoms with Gasteiger partial charge in [-0.2, -0.15) is 0 Å². The molecule has 0 bridgehead atoms. The summed E-state index contributed by atoms with van der Waals surface area (Å²) in [5.41, 5.74) is 2.96. The van der Waals surface area contributed by atoms with E-state index in [0.717, 1.165) is 5.75 Å². The molecule has 0 amide bonds. The van der Waals surface area contributed by atoms with Gasteiger partial charge in [-0.25, -0.2) is 0 Å². The molecule has 0 atom stereocenters. The number of alkyl halides is 1. The Bertz CT molecular complexity index is 309. The average molecular weight is 211 g/mol. The summed E-state index contributed by atoms with van der Waals surface area (Å²) in [4.78, 5) is 0. The zero-order chi connectivity index (χ0) is 9.80. The van der Waals surface area contributed by atoms with E-state index in [2.05, 4.69) is 18.2 Å². The Morgan fingerprint density at radius 1 is 1.14 bits per heavy atom. The van der Waals surface area contributed by atoms with Crippen molar-refractivity contribution in [1.29, 1.82) is 0 Å². The van der Waals surface area contributed by atoms with Gasteiger partial charge in [-0.15, -0.1) is 11.6 Å². The maximum atomic E-state index is 5.57. The zero-order valence-electron chi connectivity index (χ0n) is 8.26. The average Bonchev–Trinajstić information content (AvgIpc) is 2.26. The standard InChI is InChI=1S/C12H15ClO/c13-7-8-14-12-6-5-10-3-1-2-4-11(10)9-12/h5-6,9H,1-4,7-8H2. The van der Waals surface area contributed by atoms with Crippen LogP contribution in [-0.2, 0) is 12.8 Å². The maximum absolute atomic E-state index is 5.57. The number of aryl methyl sites for hydroxylation is 2. The molecule has 1 aliphatic rings. The summed E-state index contributed by atoms with van der Waals surface area (Å²) < 4.78 is 5.49. The Balaban J connectivity index is 2.12. The molecule has 2 heteroatoms. The number of hydrogen-bond donors (Lipinski definition) is 0. The first-order valence-corrected chi connectivity index (χ1v) is 5.74. The van der Waals surface area contributed by atoms with Crippen LogP contribution in [0.4, 0.5) is 0 Å². The van der Waals surface area contributed by atoms with Crippen LogP contribution in [0.3, 0.4) is 0 Å². The molecule has 1 aromatic rings. The van der Waals surface area contributed by atoms with E-state index in [9.17, 15) is 0 Å². The van der Waals surface area contributed by atoms with Gasteiger partial charge in [0.2, 0.25) is 0 Å². The summed E-state index contributed by atoms with van der Waals surface area (Å²) >= 11 is 5.57. The molecule has 0 aliphatic heterocycles. The molecule has 0 spiro atoms. The largest absolute Gasteiger partial charge is 0.492 e. The Labute approximate surface area is 90.0 Å². The van der Waals surface area contributed by atoms with E-state index < -0.39 is 0 Å². The fourth-order valence-corrected chi connectivity index (χ4v) is 2.03. The predicted molar refractivity (Wildman–Crippen MR) is 59.3 cm³/mol. The van der Waals surface area contributed by atoms with Crippen LogP contribution >= 0.6 is 11.6 Å². The van der Waals surface area contributed by atoms with Crippen LogP contribution in [0.25, 0.3) is 0 Å². The van der Waals surface area contributed by atoms with Gasteiger partial charge in [-0.05, 0) is 48.9 Å². The summed E-state index contributed by atoms with van der Waals surface area (Å²) in [6.07, 6.45) is 5.07. The van der Waals surface area contributed by atoms with Gasteiger partial charge in [0.15, 0.2) is 0 Å². The highest BCUT2D eigenvalue weighted by molar-refractivity contribution is 6.17. The first-order chi connectivity index (χ1) is 6.90. The maximum Gasteiger partial charge on any atom is 0.119 e. The topological polar surface area (TPSA) is 9.23 Å². The highest BCUT2D eigenvalue weighted by Crippen LogP contribution is 2.25. The molecule has 0 unspecified atom stereocenters. The summed E-state index contributed by atoms with van der Waals surface area (Å²) in [6, 6.07) is 6.41. The summed E-state index contributed by atoms with van der Waals surface area (Å²) in [5.74, 6) is 1.52. The lowest BCUT2D eigenvalue weighted by atomic mass is 9.92. The van der Waals surface area contributed by atoms with E-state index in [1.807, 2.05) is 0 Å². The first-order valence-electron chi connectivity index (χ1n) is 5.21. The third-order valence-corrected chi connectivity index (χ3v) is 2.82. The molecule has 0 aromatic heterocycles. The summed E-state index contributed by atoms with van der Waals surface area (Å²) in [6.45, 7) is 0.598. The van der Waals surface area contributed by atoms with E-state index in [-0.39, 0.29) is 0 Å². The van der Waals surface area contributed by atoms with Crippen LogP contribution in [-0.4, -0.2) is 12.5 Å². The molecule has 14 heavy (non-hydrogen) atoms. The molecule has 0 radical (unpaired) electrons. The van der Waals surface area contributed by atoms with Gasteiger partial charge in [0.25, 0.3) is 0 Å². The molecule has 0 N–H and O–H groups in total. The number of hydrogen-bond acceptors (Lipinski definition) is 1. The number of rotatable bonds is 3. The second-order valence-corrected chi connectivity index (χ2v) is 4.05. The monoisotopic (exact) mass is 210 g/mol. The molecule has 0 fully saturated rings. The zero-order valence-corrected chi connectivity index (χ0v) is 9.02. The fraction of sp³-hybridized carbons (Fsp3) is 0.500. The number of halogens is 1. The van der Waals surface area contributed by atoms with Crippen LogP contribution in [0.5, 0.6) is 5.75 Å². The van der Waals surface area contributed by atoms with Crippen molar-refractivity contribution in [3.63, 3.8) is 0 Å². The summed E-state index contributed by atoms with van der Waals surface area (Å²) in [5, 5.41) is 0. The number of fused-ring (bicyclic) bond motifs is 1. The second kappa shape index (κ2) is 4.70. The third-order valence-electron chi connectivity index (χ3n) is 2.67. The van der Waals surface area contributed by atoms with Crippen molar-refractivity contribution in [2.75, 3.05) is 12.5 Å². The van der Waals surface area contributed by atoms with Gasteiger partial charge in [-0.1, -0.05) is 6.07 Å². The van der Waals surface area contributed by atoms with E-state index in [0.29, 0.717) is 12.5 Å². The minimum Gasteiger partial charge on any atom is -0.492 e. The molecule has 1 aliphatic carbocycles. The molecule has 0 saturated heterocycles. The van der Waals surface area contributed by atoms with Crippen molar-refractivity contribution < 1.29 is 4.74 Å². The van der Waals surface area contributed by atoms with Gasteiger partial charge < -0.3 is 4.74 Å². The SMILES string of the molecule is ClCCOc1ccc2c(c1)CCCC2. The normalized spacial score (nSPS) is 14.9. The molecule has 1 nitrogen and oxygen atoms in total. The molecule has 2 rings (SSSR count). The van der Waals surface area contributed by atoms with E-state index >= 15 is 0 Å². The Hall–Kier alpha value is -0.690. The van der Waals surface area contributed by atoms with Crippen molar-refractivity contribution in [3.8, 4) is 5.75 Å². The third kappa shape index (κ3) is 2.21. The molecular weight excluding hydrogens is 196 g/mol. The molecule has 0 saturated carbocycles. The lowest BCUT2D eigenvalue weighted by molar-refractivity contribution is 0.342. The van der Waals surface area contributed by atoms with Gasteiger partial charge in [-0.3, -0.25) is 0 Å². The Kier molecular flexibility index (Phi) is 3.30. The number of ether oxygens (including phenoxy) is 1. The van der Waals surface area contributed by atoms with Crippen molar-refractivity contribution >= 4 is 11.6 Å². The van der Waals surface area contributed by atoms with Crippen molar-refractivity contribution in [1.82, 2.24) is 0 Å². The van der Waals surface area contributed by atoms with Crippen LogP contribution in [0.1, 0.15) is 24.0 Å². The molecule has 1 aromatic carbocycles. The molecule has 76 valence electrons. The van der Waals surface area contributed by atoms with Crippen molar-refractivity contribution in [2.24, 2.45) is 0 Å². The fourth-order valence-electron chi connectivity index (χ4n) is 1.96. The first kappa shape index (κ1) is 9.85. The van der Waals surface area contributed by atoms with Crippen LogP contribution in [0.2, 0.25) is 0 Å². The van der Waals surface area contributed by atoms with Gasteiger partial charge >= 0.3 is 0 Å². The minimum absolute atomic E-state index is 0.553. The number of benzene rings is 1. The van der Waals surface area contributed by atoms with E-state index in [1.54, 1.807) is 0 Å². The van der Waals surface area contributed by atoms with Crippen LogP contribution < -0.4 is 4.74 Å². The smallest absolute Gasteiger partial charge is 0.119 e. The second-order valence-electron chi connectivity index (χ2n) is 3.68. The van der Waals surface area contributed by atoms with Crippen molar-refractivity contribution in [2.45, 2.75) is 25.7 Å². The van der Waals surface area contributed by atoms with Gasteiger partial charge in [0, 0.05) is 0 Å². The van der Waals surface area contributed by atoms with Crippen LogP contribution in [0.15, 0.2) is 18.2 Å². The van der Waals surface area contributed by atoms with E-state index in [4.69, 9.17) is 16.3 Å². The van der Waals surface area contributed by atoms with Crippen LogP contribution in [0, 0.1) is 0 Å². The highest BCUT2D eigenvalue weighted by Gasteiger charge is 2.09.